The lowest BCUT2D eigenvalue weighted by Gasteiger charge is -2.14. The summed E-state index contributed by atoms with van der Waals surface area (Å²) < 4.78 is 37.8. The Morgan fingerprint density at radius 1 is 1.31 bits per heavy atom. The highest BCUT2D eigenvalue weighted by Gasteiger charge is 2.33. The molecule has 5 heteroatoms. The molecule has 1 N–H and O–H groups in total. The topological polar surface area (TPSA) is 12.0 Å². The van der Waals surface area contributed by atoms with E-state index in [1.165, 1.54) is 6.07 Å². The Labute approximate surface area is 95.9 Å². The second-order valence-electron chi connectivity index (χ2n) is 3.55. The van der Waals surface area contributed by atoms with Crippen molar-refractivity contribution in [2.75, 3.05) is 6.54 Å². The summed E-state index contributed by atoms with van der Waals surface area (Å²) in [4.78, 5) is 0. The van der Waals surface area contributed by atoms with Gasteiger partial charge in [0, 0.05) is 6.54 Å². The molecule has 0 saturated carbocycles. The minimum absolute atomic E-state index is 0.154. The summed E-state index contributed by atoms with van der Waals surface area (Å²) >= 11 is 5.53. The van der Waals surface area contributed by atoms with Gasteiger partial charge in [-0.05, 0) is 17.7 Å². The van der Waals surface area contributed by atoms with Gasteiger partial charge in [-0.3, -0.25) is 0 Å². The van der Waals surface area contributed by atoms with Crippen LogP contribution in [0.4, 0.5) is 13.2 Å². The molecule has 0 radical (unpaired) electrons. The third kappa shape index (κ3) is 2.23. The van der Waals surface area contributed by atoms with Crippen molar-refractivity contribution < 1.29 is 13.2 Å². The first-order valence-corrected chi connectivity index (χ1v) is 5.13. The largest absolute Gasteiger partial charge is 0.417 e. The van der Waals surface area contributed by atoms with Crippen LogP contribution in [0.5, 0.6) is 0 Å². The van der Waals surface area contributed by atoms with E-state index < -0.39 is 11.7 Å². The second kappa shape index (κ2) is 4.11. The molecule has 2 rings (SSSR count). The normalized spacial score (nSPS) is 20.4. The Hall–Kier alpha value is -1.00. The molecule has 1 nitrogen and oxygen atoms in total. The molecule has 1 heterocycles. The van der Waals surface area contributed by atoms with Gasteiger partial charge in [0.15, 0.2) is 0 Å². The first-order chi connectivity index (χ1) is 7.48. The standard InChI is InChI=1S/C11H9ClF3N/c12-9-4-3-7(10-2-1-5-16-10)6-8(9)11(13,14)15/h1-4,6,10,16H,5H2. The maximum atomic E-state index is 12.6. The van der Waals surface area contributed by atoms with Gasteiger partial charge in [-0.15, -0.1) is 0 Å². The molecule has 0 fully saturated rings. The molecular formula is C11H9ClF3N. The van der Waals surface area contributed by atoms with Crippen LogP contribution in [0, 0.1) is 0 Å². The number of nitrogens with one attached hydrogen (secondary N) is 1. The van der Waals surface area contributed by atoms with Crippen molar-refractivity contribution in [3.8, 4) is 0 Å². The lowest BCUT2D eigenvalue weighted by molar-refractivity contribution is -0.137. The molecule has 0 saturated heterocycles. The maximum absolute atomic E-state index is 12.6. The van der Waals surface area contributed by atoms with Gasteiger partial charge < -0.3 is 5.32 Å². The molecule has 0 aliphatic carbocycles. The SMILES string of the molecule is FC(F)(F)c1cc(C2C=CCN2)ccc1Cl. The van der Waals surface area contributed by atoms with E-state index in [1.54, 1.807) is 6.07 Å². The van der Waals surface area contributed by atoms with Gasteiger partial charge in [0.2, 0.25) is 0 Å². The van der Waals surface area contributed by atoms with Crippen molar-refractivity contribution in [1.82, 2.24) is 5.32 Å². The van der Waals surface area contributed by atoms with Crippen molar-refractivity contribution >= 4 is 11.6 Å². The van der Waals surface area contributed by atoms with E-state index in [0.717, 1.165) is 6.07 Å². The molecule has 16 heavy (non-hydrogen) atoms. The second-order valence-corrected chi connectivity index (χ2v) is 3.96. The highest BCUT2D eigenvalue weighted by molar-refractivity contribution is 6.31. The van der Waals surface area contributed by atoms with E-state index in [-0.39, 0.29) is 11.1 Å². The summed E-state index contributed by atoms with van der Waals surface area (Å²) in [5, 5.41) is 2.78. The van der Waals surface area contributed by atoms with Crippen molar-refractivity contribution in [2.45, 2.75) is 12.2 Å². The van der Waals surface area contributed by atoms with Crippen molar-refractivity contribution in [3.63, 3.8) is 0 Å². The van der Waals surface area contributed by atoms with Crippen LogP contribution in [0.25, 0.3) is 0 Å². The quantitative estimate of drug-likeness (QED) is 0.749. The predicted octanol–water partition coefficient (Wildman–Crippen LogP) is 3.56. The van der Waals surface area contributed by atoms with E-state index in [4.69, 9.17) is 11.6 Å². The molecule has 1 aliphatic heterocycles. The van der Waals surface area contributed by atoms with Gasteiger partial charge in [0.1, 0.15) is 0 Å². The summed E-state index contributed by atoms with van der Waals surface area (Å²) in [6.07, 6.45) is -0.689. The van der Waals surface area contributed by atoms with Crippen LogP contribution in [0.15, 0.2) is 30.4 Å². The average molecular weight is 248 g/mol. The first-order valence-electron chi connectivity index (χ1n) is 4.75. The number of rotatable bonds is 1. The Morgan fingerprint density at radius 2 is 2.06 bits per heavy atom. The third-order valence-corrected chi connectivity index (χ3v) is 2.77. The lowest BCUT2D eigenvalue weighted by Crippen LogP contribution is -2.15. The number of hydrogen-bond acceptors (Lipinski definition) is 1. The molecule has 1 unspecified atom stereocenters. The molecule has 1 aliphatic rings. The summed E-state index contributed by atoms with van der Waals surface area (Å²) in [5.41, 5.74) is -0.209. The maximum Gasteiger partial charge on any atom is 0.417 e. The minimum Gasteiger partial charge on any atom is -0.303 e. The van der Waals surface area contributed by atoms with Gasteiger partial charge in [0.05, 0.1) is 16.6 Å². The summed E-state index contributed by atoms with van der Waals surface area (Å²) in [7, 11) is 0. The molecule has 0 spiro atoms. The zero-order valence-corrected chi connectivity index (χ0v) is 8.94. The zero-order valence-electron chi connectivity index (χ0n) is 8.18. The van der Waals surface area contributed by atoms with Gasteiger partial charge in [-0.25, -0.2) is 0 Å². The number of hydrogen-bond donors (Lipinski definition) is 1. The van der Waals surface area contributed by atoms with Crippen LogP contribution in [0.3, 0.4) is 0 Å². The van der Waals surface area contributed by atoms with E-state index in [0.29, 0.717) is 12.1 Å². The van der Waals surface area contributed by atoms with Crippen LogP contribution in [0.1, 0.15) is 17.2 Å². The van der Waals surface area contributed by atoms with Crippen LogP contribution in [-0.2, 0) is 6.18 Å². The average Bonchev–Trinajstić information content (AvgIpc) is 2.69. The highest BCUT2D eigenvalue weighted by atomic mass is 35.5. The molecule has 0 amide bonds. The van der Waals surface area contributed by atoms with Crippen molar-refractivity contribution in [3.05, 3.63) is 46.5 Å². The molecular weight excluding hydrogens is 239 g/mol. The highest BCUT2D eigenvalue weighted by Crippen LogP contribution is 2.36. The lowest BCUT2D eigenvalue weighted by atomic mass is 10.0. The Morgan fingerprint density at radius 3 is 2.62 bits per heavy atom. The van der Waals surface area contributed by atoms with Crippen molar-refractivity contribution in [2.24, 2.45) is 0 Å². The summed E-state index contributed by atoms with van der Waals surface area (Å²) in [5.74, 6) is 0. The number of benzene rings is 1. The monoisotopic (exact) mass is 247 g/mol. The van der Waals surface area contributed by atoms with E-state index in [9.17, 15) is 13.2 Å². The Kier molecular flexibility index (Phi) is 2.95. The zero-order chi connectivity index (χ0) is 11.8. The molecule has 1 atom stereocenters. The molecule has 1 aromatic rings. The van der Waals surface area contributed by atoms with Gasteiger partial charge in [-0.2, -0.15) is 13.2 Å². The number of alkyl halides is 3. The molecule has 86 valence electrons. The minimum atomic E-state index is -4.41. The molecule has 1 aromatic carbocycles. The molecule has 0 bridgehead atoms. The summed E-state index contributed by atoms with van der Waals surface area (Å²) in [6, 6.07) is 3.83. The van der Waals surface area contributed by atoms with Crippen molar-refractivity contribution in [1.29, 1.82) is 0 Å². The van der Waals surface area contributed by atoms with E-state index in [1.807, 2.05) is 12.2 Å². The van der Waals surface area contributed by atoms with Crippen LogP contribution >= 0.6 is 11.6 Å². The van der Waals surface area contributed by atoms with E-state index in [2.05, 4.69) is 5.32 Å². The van der Waals surface area contributed by atoms with E-state index >= 15 is 0 Å². The fourth-order valence-electron chi connectivity index (χ4n) is 1.65. The number of halogens is 4. The Balaban J connectivity index is 2.39. The van der Waals surface area contributed by atoms with Crippen LogP contribution in [0.2, 0.25) is 5.02 Å². The van der Waals surface area contributed by atoms with Crippen LogP contribution in [-0.4, -0.2) is 6.54 Å². The fraction of sp³-hybridized carbons (Fsp3) is 0.273. The Bertz CT molecular complexity index is 426. The van der Waals surface area contributed by atoms with Gasteiger partial charge in [0.25, 0.3) is 0 Å². The first kappa shape index (κ1) is 11.5. The molecule has 0 aromatic heterocycles. The third-order valence-electron chi connectivity index (χ3n) is 2.44. The van der Waals surface area contributed by atoms with Gasteiger partial charge in [-0.1, -0.05) is 29.8 Å². The summed E-state index contributed by atoms with van der Waals surface area (Å²) in [6.45, 7) is 0.675. The van der Waals surface area contributed by atoms with Gasteiger partial charge >= 0.3 is 6.18 Å². The fourth-order valence-corrected chi connectivity index (χ4v) is 1.87. The predicted molar refractivity (Wildman–Crippen MR) is 56.3 cm³/mol. The smallest absolute Gasteiger partial charge is 0.303 e. The van der Waals surface area contributed by atoms with Crippen LogP contribution < -0.4 is 5.32 Å².